The fraction of sp³-hybridized carbons (Fsp3) is 0.250. The molecule has 0 amide bonds. The van der Waals surface area contributed by atoms with E-state index < -0.39 is 11.9 Å². The molecule has 0 aliphatic carbocycles. The molecule has 0 unspecified atom stereocenters. The lowest BCUT2D eigenvalue weighted by Gasteiger charge is -2.03. The zero-order valence-corrected chi connectivity index (χ0v) is 11.7. The molecule has 0 N–H and O–H groups in total. The van der Waals surface area contributed by atoms with E-state index in [1.807, 2.05) is 30.3 Å². The Labute approximate surface area is 118 Å². The van der Waals surface area contributed by atoms with Gasteiger partial charge in [-0.2, -0.15) is 0 Å². The average Bonchev–Trinajstić information content (AvgIpc) is 2.45. The van der Waals surface area contributed by atoms with Gasteiger partial charge >= 0.3 is 11.9 Å². The van der Waals surface area contributed by atoms with Crippen LogP contribution in [0.25, 0.3) is 5.57 Å². The van der Waals surface area contributed by atoms with Crippen molar-refractivity contribution in [2.24, 2.45) is 0 Å². The summed E-state index contributed by atoms with van der Waals surface area (Å²) < 4.78 is 9.69. The van der Waals surface area contributed by atoms with Crippen molar-refractivity contribution < 1.29 is 19.1 Å². The lowest BCUT2D eigenvalue weighted by atomic mass is 10.1. The molecule has 1 aromatic rings. The predicted octanol–water partition coefficient (Wildman–Crippen LogP) is 2.75. The number of carbonyl (C=O) groups excluding carboxylic acids is 2. The van der Waals surface area contributed by atoms with Crippen LogP contribution >= 0.6 is 0 Å². The molecule has 0 saturated carbocycles. The summed E-state index contributed by atoms with van der Waals surface area (Å²) in [6, 6.07) is 9.28. The molecule has 4 heteroatoms. The highest BCUT2D eigenvalue weighted by Crippen LogP contribution is 2.15. The summed E-state index contributed by atoms with van der Waals surface area (Å²) in [4.78, 5) is 22.9. The minimum Gasteiger partial charge on any atom is -0.463 e. The summed E-state index contributed by atoms with van der Waals surface area (Å²) in [5.74, 6) is -0.891. The van der Waals surface area contributed by atoms with E-state index in [1.54, 1.807) is 19.9 Å². The smallest absolute Gasteiger partial charge is 0.331 e. The summed E-state index contributed by atoms with van der Waals surface area (Å²) in [6.07, 6.45) is 4.19. The largest absolute Gasteiger partial charge is 0.463 e. The highest BCUT2D eigenvalue weighted by Gasteiger charge is 2.04. The van der Waals surface area contributed by atoms with Crippen LogP contribution in [0.15, 0.2) is 48.6 Å². The van der Waals surface area contributed by atoms with Crippen molar-refractivity contribution in [3.05, 3.63) is 54.1 Å². The fourth-order valence-corrected chi connectivity index (χ4v) is 1.52. The number of allylic oxidation sites excluding steroid dienone is 2. The number of benzene rings is 1. The number of rotatable bonds is 6. The molecule has 0 aromatic heterocycles. The van der Waals surface area contributed by atoms with E-state index in [1.165, 1.54) is 12.2 Å². The Kier molecular flexibility index (Phi) is 6.82. The van der Waals surface area contributed by atoms with Crippen molar-refractivity contribution in [3.8, 4) is 0 Å². The van der Waals surface area contributed by atoms with Crippen LogP contribution in [0.2, 0.25) is 0 Å². The molecule has 0 spiro atoms. The lowest BCUT2D eigenvalue weighted by Crippen LogP contribution is -2.01. The second-order valence-electron chi connectivity index (χ2n) is 3.80. The first-order chi connectivity index (χ1) is 9.67. The Hall–Kier alpha value is -2.36. The normalized spacial score (nSPS) is 11.4. The molecular weight excluding hydrogens is 256 g/mol. The van der Waals surface area contributed by atoms with E-state index in [0.717, 1.165) is 5.56 Å². The summed E-state index contributed by atoms with van der Waals surface area (Å²) in [5, 5.41) is 0. The molecular formula is C16H18O4. The SMILES string of the molecule is CCOC(=O)/C=C(/C=C/C(=O)OCC)c1ccccc1. The van der Waals surface area contributed by atoms with Gasteiger partial charge in [-0.3, -0.25) is 0 Å². The van der Waals surface area contributed by atoms with Crippen LogP contribution in [0.4, 0.5) is 0 Å². The first kappa shape index (κ1) is 15.7. The predicted molar refractivity (Wildman–Crippen MR) is 76.8 cm³/mol. The molecule has 0 aliphatic heterocycles. The van der Waals surface area contributed by atoms with Gasteiger partial charge in [-0.05, 0) is 31.1 Å². The summed E-state index contributed by atoms with van der Waals surface area (Å²) >= 11 is 0. The summed E-state index contributed by atoms with van der Waals surface area (Å²) in [6.45, 7) is 4.09. The molecule has 4 nitrogen and oxygen atoms in total. The van der Waals surface area contributed by atoms with Gasteiger partial charge in [0.1, 0.15) is 0 Å². The van der Waals surface area contributed by atoms with Crippen LogP contribution in [-0.4, -0.2) is 25.2 Å². The fourth-order valence-electron chi connectivity index (χ4n) is 1.52. The molecule has 0 atom stereocenters. The highest BCUT2D eigenvalue weighted by molar-refractivity contribution is 5.96. The van der Waals surface area contributed by atoms with Crippen molar-refractivity contribution in [2.75, 3.05) is 13.2 Å². The van der Waals surface area contributed by atoms with Gasteiger partial charge < -0.3 is 9.47 Å². The molecule has 1 rings (SSSR count). The van der Waals surface area contributed by atoms with Gasteiger partial charge in [0, 0.05) is 12.2 Å². The Morgan fingerprint density at radius 3 is 2.15 bits per heavy atom. The third-order valence-corrected chi connectivity index (χ3v) is 2.35. The first-order valence-electron chi connectivity index (χ1n) is 6.46. The first-order valence-corrected chi connectivity index (χ1v) is 6.46. The molecule has 1 aromatic carbocycles. The molecule has 20 heavy (non-hydrogen) atoms. The van der Waals surface area contributed by atoms with Gasteiger partial charge in [0.25, 0.3) is 0 Å². The maximum atomic E-state index is 11.5. The van der Waals surface area contributed by atoms with Crippen molar-refractivity contribution >= 4 is 17.5 Å². The Morgan fingerprint density at radius 2 is 1.55 bits per heavy atom. The standard InChI is InChI=1S/C16H18O4/c1-3-19-15(17)11-10-14(12-16(18)20-4-2)13-8-6-5-7-9-13/h5-12H,3-4H2,1-2H3/b11-10+,14-12-. The number of carbonyl (C=O) groups is 2. The van der Waals surface area contributed by atoms with Crippen molar-refractivity contribution in [2.45, 2.75) is 13.8 Å². The van der Waals surface area contributed by atoms with E-state index in [-0.39, 0.29) is 0 Å². The maximum Gasteiger partial charge on any atom is 0.331 e. The second kappa shape index (κ2) is 8.69. The Morgan fingerprint density at radius 1 is 0.950 bits per heavy atom. The average molecular weight is 274 g/mol. The van der Waals surface area contributed by atoms with Gasteiger partial charge in [0.05, 0.1) is 13.2 Å². The highest BCUT2D eigenvalue weighted by atomic mass is 16.5. The van der Waals surface area contributed by atoms with Crippen LogP contribution in [-0.2, 0) is 19.1 Å². The molecule has 0 fully saturated rings. The third-order valence-electron chi connectivity index (χ3n) is 2.35. The summed E-state index contributed by atoms with van der Waals surface area (Å²) in [7, 11) is 0. The number of ether oxygens (including phenoxy) is 2. The third kappa shape index (κ3) is 5.52. The van der Waals surface area contributed by atoms with E-state index >= 15 is 0 Å². The minimum atomic E-state index is -0.446. The Bertz CT molecular complexity index is 500. The quantitative estimate of drug-likeness (QED) is 0.455. The Balaban J connectivity index is 2.97. The van der Waals surface area contributed by atoms with E-state index in [4.69, 9.17) is 9.47 Å². The van der Waals surface area contributed by atoms with Gasteiger partial charge in [0.15, 0.2) is 0 Å². The summed E-state index contributed by atoms with van der Waals surface area (Å²) in [5.41, 5.74) is 1.42. The zero-order valence-electron chi connectivity index (χ0n) is 11.7. The van der Waals surface area contributed by atoms with Crippen LogP contribution in [0.3, 0.4) is 0 Å². The molecule has 0 saturated heterocycles. The molecule has 106 valence electrons. The number of esters is 2. The van der Waals surface area contributed by atoms with Crippen molar-refractivity contribution in [3.63, 3.8) is 0 Å². The lowest BCUT2D eigenvalue weighted by molar-refractivity contribution is -0.138. The van der Waals surface area contributed by atoms with Crippen molar-refractivity contribution in [1.29, 1.82) is 0 Å². The molecule has 0 heterocycles. The minimum absolute atomic E-state index is 0.305. The van der Waals surface area contributed by atoms with Gasteiger partial charge in [0.2, 0.25) is 0 Å². The van der Waals surface area contributed by atoms with Crippen LogP contribution in [0, 0.1) is 0 Å². The maximum absolute atomic E-state index is 11.5. The van der Waals surface area contributed by atoms with E-state index in [9.17, 15) is 9.59 Å². The van der Waals surface area contributed by atoms with Gasteiger partial charge in [-0.1, -0.05) is 30.3 Å². The van der Waals surface area contributed by atoms with E-state index in [2.05, 4.69) is 0 Å². The van der Waals surface area contributed by atoms with Crippen LogP contribution < -0.4 is 0 Å². The topological polar surface area (TPSA) is 52.6 Å². The molecule has 0 radical (unpaired) electrons. The molecule has 0 aliphatic rings. The zero-order chi connectivity index (χ0) is 14.8. The monoisotopic (exact) mass is 274 g/mol. The number of hydrogen-bond donors (Lipinski definition) is 0. The van der Waals surface area contributed by atoms with Crippen LogP contribution in [0.5, 0.6) is 0 Å². The number of hydrogen-bond acceptors (Lipinski definition) is 4. The van der Waals surface area contributed by atoms with Crippen LogP contribution in [0.1, 0.15) is 19.4 Å². The van der Waals surface area contributed by atoms with E-state index in [0.29, 0.717) is 18.8 Å². The second-order valence-corrected chi connectivity index (χ2v) is 3.80. The van der Waals surface area contributed by atoms with Gasteiger partial charge in [-0.25, -0.2) is 9.59 Å². The van der Waals surface area contributed by atoms with Crippen molar-refractivity contribution in [1.82, 2.24) is 0 Å². The molecule has 0 bridgehead atoms. The van der Waals surface area contributed by atoms with Gasteiger partial charge in [-0.15, -0.1) is 0 Å².